The number of nitrogen functional groups attached to an aromatic ring is 1. The second-order valence-electron chi connectivity index (χ2n) is 8.14. The van der Waals surface area contributed by atoms with Crippen LogP contribution in [-0.2, 0) is 18.1 Å². The topological polar surface area (TPSA) is 62.3 Å². The van der Waals surface area contributed by atoms with Crippen LogP contribution in [-0.4, -0.2) is 24.5 Å². The standard InChI is InChI=1S/C22H29N3O2Si/c1-28(2,3)12-11-26-17-25-15-20(14-24-25)19-9-10-21(23)22(13-19)27-16-18-7-5-4-6-8-18/h4-10,13-15H,11-12,16-17,23H2,1-3H3. The summed E-state index contributed by atoms with van der Waals surface area (Å²) in [5.41, 5.74) is 9.86. The van der Waals surface area contributed by atoms with E-state index in [1.165, 1.54) is 0 Å². The van der Waals surface area contributed by atoms with Gasteiger partial charge in [-0.05, 0) is 29.3 Å². The van der Waals surface area contributed by atoms with Crippen LogP contribution in [0.3, 0.4) is 0 Å². The summed E-state index contributed by atoms with van der Waals surface area (Å²) >= 11 is 0. The summed E-state index contributed by atoms with van der Waals surface area (Å²) in [7, 11) is -1.07. The third kappa shape index (κ3) is 5.97. The Kier molecular flexibility index (Phi) is 6.54. The van der Waals surface area contributed by atoms with Crippen molar-refractivity contribution in [2.24, 2.45) is 0 Å². The minimum atomic E-state index is -1.07. The molecule has 0 aliphatic carbocycles. The molecule has 0 saturated carbocycles. The number of nitrogens with zero attached hydrogens (tertiary/aromatic N) is 2. The van der Waals surface area contributed by atoms with Gasteiger partial charge in [-0.2, -0.15) is 5.10 Å². The first kappa shape index (κ1) is 20.2. The van der Waals surface area contributed by atoms with Crippen LogP contribution >= 0.6 is 0 Å². The highest BCUT2D eigenvalue weighted by atomic mass is 28.3. The van der Waals surface area contributed by atoms with E-state index in [9.17, 15) is 0 Å². The lowest BCUT2D eigenvalue weighted by Gasteiger charge is -2.15. The van der Waals surface area contributed by atoms with E-state index >= 15 is 0 Å². The van der Waals surface area contributed by atoms with Crippen molar-refractivity contribution in [2.45, 2.75) is 39.0 Å². The summed E-state index contributed by atoms with van der Waals surface area (Å²) in [6, 6.07) is 17.0. The van der Waals surface area contributed by atoms with E-state index < -0.39 is 8.07 Å². The van der Waals surface area contributed by atoms with Crippen molar-refractivity contribution in [2.75, 3.05) is 12.3 Å². The summed E-state index contributed by atoms with van der Waals surface area (Å²) in [5.74, 6) is 0.681. The van der Waals surface area contributed by atoms with E-state index in [0.717, 1.165) is 29.3 Å². The molecule has 1 heterocycles. The van der Waals surface area contributed by atoms with Crippen LogP contribution in [0.15, 0.2) is 60.9 Å². The molecule has 0 spiro atoms. The number of ether oxygens (including phenoxy) is 2. The molecule has 0 aliphatic rings. The maximum atomic E-state index is 6.09. The summed E-state index contributed by atoms with van der Waals surface area (Å²) in [6.45, 7) is 8.78. The molecule has 0 aliphatic heterocycles. The van der Waals surface area contributed by atoms with Gasteiger partial charge in [-0.15, -0.1) is 0 Å². The van der Waals surface area contributed by atoms with E-state index in [1.807, 2.05) is 65.6 Å². The van der Waals surface area contributed by atoms with Crippen molar-refractivity contribution in [1.82, 2.24) is 9.78 Å². The highest BCUT2D eigenvalue weighted by Gasteiger charge is 2.12. The maximum absolute atomic E-state index is 6.09. The zero-order valence-electron chi connectivity index (χ0n) is 16.9. The van der Waals surface area contributed by atoms with Crippen LogP contribution < -0.4 is 10.5 Å². The lowest BCUT2D eigenvalue weighted by atomic mass is 10.1. The molecule has 148 valence electrons. The quantitative estimate of drug-likeness (QED) is 0.314. The Hall–Kier alpha value is -2.57. The molecule has 6 heteroatoms. The van der Waals surface area contributed by atoms with E-state index in [4.69, 9.17) is 15.2 Å². The maximum Gasteiger partial charge on any atom is 0.143 e. The predicted molar refractivity (Wildman–Crippen MR) is 117 cm³/mol. The van der Waals surface area contributed by atoms with Crippen LogP contribution in [0.4, 0.5) is 5.69 Å². The Morgan fingerprint density at radius 1 is 1.04 bits per heavy atom. The zero-order valence-corrected chi connectivity index (χ0v) is 17.9. The fourth-order valence-corrected chi connectivity index (χ4v) is 3.45. The van der Waals surface area contributed by atoms with Crippen LogP contribution in [0.1, 0.15) is 5.56 Å². The highest BCUT2D eigenvalue weighted by molar-refractivity contribution is 6.76. The number of hydrogen-bond acceptors (Lipinski definition) is 4. The second kappa shape index (κ2) is 9.08. The Bertz CT molecular complexity index is 888. The number of anilines is 1. The number of benzene rings is 2. The largest absolute Gasteiger partial charge is 0.487 e. The van der Waals surface area contributed by atoms with Gasteiger partial charge in [-0.3, -0.25) is 0 Å². The molecule has 2 aromatic carbocycles. The average molecular weight is 396 g/mol. The molecule has 0 radical (unpaired) electrons. The summed E-state index contributed by atoms with van der Waals surface area (Å²) in [5, 5.41) is 4.40. The van der Waals surface area contributed by atoms with Gasteiger partial charge in [0, 0.05) is 26.4 Å². The van der Waals surface area contributed by atoms with Gasteiger partial charge in [0.05, 0.1) is 11.9 Å². The van der Waals surface area contributed by atoms with Crippen molar-refractivity contribution >= 4 is 13.8 Å². The minimum Gasteiger partial charge on any atom is -0.487 e. The van der Waals surface area contributed by atoms with E-state index in [0.29, 0.717) is 24.8 Å². The lowest BCUT2D eigenvalue weighted by Crippen LogP contribution is -2.22. The molecule has 0 fully saturated rings. The molecule has 0 atom stereocenters. The van der Waals surface area contributed by atoms with Gasteiger partial charge in [0.15, 0.2) is 0 Å². The van der Waals surface area contributed by atoms with Crippen molar-refractivity contribution < 1.29 is 9.47 Å². The van der Waals surface area contributed by atoms with Gasteiger partial charge in [-0.1, -0.05) is 56.0 Å². The molecule has 3 aromatic rings. The monoisotopic (exact) mass is 395 g/mol. The first-order chi connectivity index (χ1) is 13.4. The number of aromatic nitrogens is 2. The van der Waals surface area contributed by atoms with Crippen molar-refractivity contribution in [3.05, 3.63) is 66.5 Å². The molecule has 3 rings (SSSR count). The normalized spacial score (nSPS) is 11.5. The highest BCUT2D eigenvalue weighted by Crippen LogP contribution is 2.29. The number of rotatable bonds is 9. The number of nitrogens with two attached hydrogens (primary N) is 1. The predicted octanol–water partition coefficient (Wildman–Crippen LogP) is 5.02. The minimum absolute atomic E-state index is 0.469. The zero-order chi connectivity index (χ0) is 20.0. The summed E-state index contributed by atoms with van der Waals surface area (Å²) in [4.78, 5) is 0. The first-order valence-corrected chi connectivity index (χ1v) is 13.3. The second-order valence-corrected chi connectivity index (χ2v) is 13.8. The Morgan fingerprint density at radius 2 is 1.82 bits per heavy atom. The van der Waals surface area contributed by atoms with Gasteiger partial charge in [0.1, 0.15) is 19.1 Å². The first-order valence-electron chi connectivity index (χ1n) is 9.57. The van der Waals surface area contributed by atoms with E-state index in [2.05, 4.69) is 24.7 Å². The smallest absolute Gasteiger partial charge is 0.143 e. The third-order valence-electron chi connectivity index (χ3n) is 4.44. The van der Waals surface area contributed by atoms with Gasteiger partial charge in [0.25, 0.3) is 0 Å². The third-order valence-corrected chi connectivity index (χ3v) is 6.14. The summed E-state index contributed by atoms with van der Waals surface area (Å²) in [6.07, 6.45) is 3.83. The SMILES string of the molecule is C[Si](C)(C)CCOCn1cc(-c2ccc(N)c(OCc3ccccc3)c2)cn1. The van der Waals surface area contributed by atoms with Crippen molar-refractivity contribution in [3.63, 3.8) is 0 Å². The molecule has 0 bridgehead atoms. The number of hydrogen-bond donors (Lipinski definition) is 1. The molecule has 5 nitrogen and oxygen atoms in total. The van der Waals surface area contributed by atoms with Gasteiger partial charge < -0.3 is 15.2 Å². The molecule has 28 heavy (non-hydrogen) atoms. The molecule has 1 aromatic heterocycles. The van der Waals surface area contributed by atoms with Crippen molar-refractivity contribution in [1.29, 1.82) is 0 Å². The van der Waals surface area contributed by atoms with Crippen LogP contribution in [0, 0.1) is 0 Å². The van der Waals surface area contributed by atoms with E-state index in [-0.39, 0.29) is 0 Å². The Balaban J connectivity index is 1.61. The molecular weight excluding hydrogens is 366 g/mol. The van der Waals surface area contributed by atoms with Crippen LogP contribution in [0.2, 0.25) is 25.7 Å². The Morgan fingerprint density at radius 3 is 2.57 bits per heavy atom. The molecular formula is C22H29N3O2Si. The molecule has 0 unspecified atom stereocenters. The average Bonchev–Trinajstić information content (AvgIpc) is 3.14. The fourth-order valence-electron chi connectivity index (χ4n) is 2.69. The molecule has 0 amide bonds. The van der Waals surface area contributed by atoms with Gasteiger partial charge >= 0.3 is 0 Å². The van der Waals surface area contributed by atoms with Crippen LogP contribution in [0.25, 0.3) is 11.1 Å². The molecule has 2 N–H and O–H groups in total. The Labute approximate surface area is 168 Å². The van der Waals surface area contributed by atoms with E-state index in [1.54, 1.807) is 0 Å². The summed E-state index contributed by atoms with van der Waals surface area (Å²) < 4.78 is 13.5. The van der Waals surface area contributed by atoms with Crippen molar-refractivity contribution in [3.8, 4) is 16.9 Å². The van der Waals surface area contributed by atoms with Gasteiger partial charge in [0.2, 0.25) is 0 Å². The molecule has 0 saturated heterocycles. The fraction of sp³-hybridized carbons (Fsp3) is 0.318. The van der Waals surface area contributed by atoms with Gasteiger partial charge in [-0.25, -0.2) is 4.68 Å². The van der Waals surface area contributed by atoms with Crippen LogP contribution in [0.5, 0.6) is 5.75 Å². The lowest BCUT2D eigenvalue weighted by molar-refractivity contribution is 0.0786.